The third kappa shape index (κ3) is 4.78. The van der Waals surface area contributed by atoms with Gasteiger partial charge in [-0.2, -0.15) is 0 Å². The zero-order valence-corrected chi connectivity index (χ0v) is 18.1. The van der Waals surface area contributed by atoms with Gasteiger partial charge in [0, 0.05) is 10.4 Å². The van der Waals surface area contributed by atoms with Gasteiger partial charge in [0.15, 0.2) is 12.3 Å². The van der Waals surface area contributed by atoms with E-state index in [1.807, 2.05) is 31.2 Å². The van der Waals surface area contributed by atoms with Crippen LogP contribution in [0, 0.1) is 6.92 Å². The molecule has 2 aromatic rings. The number of benzene rings is 1. The molecule has 2 aliphatic rings. The number of nitrogens with one attached hydrogen (secondary N) is 2. The lowest BCUT2D eigenvalue weighted by molar-refractivity contribution is -0.890. The molecule has 2 heterocycles. The van der Waals surface area contributed by atoms with E-state index in [2.05, 4.69) is 5.32 Å². The maximum absolute atomic E-state index is 13.4. The molecule has 0 unspecified atom stereocenters. The van der Waals surface area contributed by atoms with E-state index in [0.717, 1.165) is 54.9 Å². The molecule has 0 spiro atoms. The summed E-state index contributed by atoms with van der Waals surface area (Å²) < 4.78 is 0. The van der Waals surface area contributed by atoms with Crippen molar-refractivity contribution in [1.29, 1.82) is 0 Å². The molecule has 1 amide bonds. The summed E-state index contributed by atoms with van der Waals surface area (Å²) in [4.78, 5) is 28.9. The van der Waals surface area contributed by atoms with Gasteiger partial charge in [-0.3, -0.25) is 9.59 Å². The van der Waals surface area contributed by atoms with Crippen molar-refractivity contribution in [2.75, 3.05) is 25.0 Å². The topological polar surface area (TPSA) is 50.6 Å². The second-order valence-corrected chi connectivity index (χ2v) is 9.60. The third-order valence-electron chi connectivity index (χ3n) is 6.19. The van der Waals surface area contributed by atoms with E-state index in [0.29, 0.717) is 12.1 Å². The molecule has 1 aliphatic carbocycles. The van der Waals surface area contributed by atoms with E-state index in [-0.39, 0.29) is 11.7 Å². The number of carbonyl (C=O) groups excluding carboxylic acids is 2. The average Bonchev–Trinajstić information content (AvgIpc) is 2.87. The van der Waals surface area contributed by atoms with Gasteiger partial charge < -0.3 is 10.2 Å². The summed E-state index contributed by atoms with van der Waals surface area (Å²) in [6, 6.07) is 7.76. The van der Waals surface area contributed by atoms with Crippen LogP contribution in [0.25, 0.3) is 0 Å². The van der Waals surface area contributed by atoms with Crippen molar-refractivity contribution >= 4 is 28.0 Å². The van der Waals surface area contributed by atoms with E-state index in [1.54, 1.807) is 11.3 Å². The molecule has 1 aromatic heterocycles. The highest BCUT2D eigenvalue weighted by atomic mass is 32.1. The number of aryl methyl sites for hydroxylation is 2. The average molecular weight is 412 g/mol. The number of hydrogen-bond donors (Lipinski definition) is 2. The monoisotopic (exact) mass is 411 g/mol. The number of ketones is 1. The highest BCUT2D eigenvalue weighted by Crippen LogP contribution is 2.39. The number of amides is 1. The maximum atomic E-state index is 13.4. The zero-order valence-electron chi connectivity index (χ0n) is 17.3. The Morgan fingerprint density at radius 3 is 2.38 bits per heavy atom. The Kier molecular flexibility index (Phi) is 6.46. The first-order chi connectivity index (χ1) is 14.1. The quantitative estimate of drug-likeness (QED) is 0.739. The van der Waals surface area contributed by atoms with Crippen LogP contribution in [0.4, 0.5) is 5.00 Å². The number of thiophene rings is 1. The van der Waals surface area contributed by atoms with Crippen molar-refractivity contribution in [3.05, 3.63) is 51.4 Å². The van der Waals surface area contributed by atoms with Gasteiger partial charge in [0.1, 0.15) is 5.00 Å². The fourth-order valence-corrected chi connectivity index (χ4v) is 5.85. The van der Waals surface area contributed by atoms with Crippen molar-refractivity contribution in [1.82, 2.24) is 0 Å². The molecule has 2 N–H and O–H groups in total. The molecule has 5 heteroatoms. The minimum absolute atomic E-state index is 0.0402. The van der Waals surface area contributed by atoms with Crippen LogP contribution in [0.1, 0.15) is 70.5 Å². The molecule has 0 radical (unpaired) electrons. The van der Waals surface area contributed by atoms with Crippen LogP contribution >= 0.6 is 11.3 Å². The van der Waals surface area contributed by atoms with Crippen LogP contribution in [-0.2, 0) is 17.6 Å². The molecule has 1 aromatic carbocycles. The van der Waals surface area contributed by atoms with Crippen LogP contribution in [0.2, 0.25) is 0 Å². The van der Waals surface area contributed by atoms with Gasteiger partial charge in [-0.15, -0.1) is 11.3 Å². The van der Waals surface area contributed by atoms with Gasteiger partial charge in [-0.05, 0) is 63.9 Å². The Labute approximate surface area is 177 Å². The lowest BCUT2D eigenvalue weighted by atomic mass is 9.91. The molecule has 0 saturated carbocycles. The van der Waals surface area contributed by atoms with Crippen LogP contribution < -0.4 is 10.2 Å². The van der Waals surface area contributed by atoms with Crippen LogP contribution in [0.15, 0.2) is 24.3 Å². The van der Waals surface area contributed by atoms with Crippen LogP contribution in [0.5, 0.6) is 0 Å². The number of quaternary nitrogens is 1. The number of likely N-dealkylation sites (tertiary alicyclic amines) is 1. The van der Waals surface area contributed by atoms with Crippen molar-refractivity contribution in [2.24, 2.45) is 0 Å². The minimum Gasteiger partial charge on any atom is -0.327 e. The molecule has 0 atom stereocenters. The van der Waals surface area contributed by atoms with E-state index >= 15 is 0 Å². The second kappa shape index (κ2) is 9.23. The molecule has 0 bridgehead atoms. The van der Waals surface area contributed by atoms with Gasteiger partial charge in [0.2, 0.25) is 0 Å². The Hall–Kier alpha value is -1.98. The lowest BCUT2D eigenvalue weighted by Gasteiger charge is -2.16. The minimum atomic E-state index is 0.0402. The fourth-order valence-electron chi connectivity index (χ4n) is 4.55. The smallest absolute Gasteiger partial charge is 0.280 e. The van der Waals surface area contributed by atoms with E-state index in [9.17, 15) is 9.59 Å². The second-order valence-electron chi connectivity index (χ2n) is 8.50. The fraction of sp³-hybridized carbons (Fsp3) is 0.500. The molecule has 4 nitrogen and oxygen atoms in total. The highest BCUT2D eigenvalue weighted by molar-refractivity contribution is 7.17. The predicted molar refractivity (Wildman–Crippen MR) is 118 cm³/mol. The van der Waals surface area contributed by atoms with E-state index in [4.69, 9.17) is 0 Å². The summed E-state index contributed by atoms with van der Waals surface area (Å²) in [5.41, 5.74) is 3.76. The Morgan fingerprint density at radius 2 is 1.66 bits per heavy atom. The van der Waals surface area contributed by atoms with Gasteiger partial charge in [-0.1, -0.05) is 29.8 Å². The van der Waals surface area contributed by atoms with E-state index < -0.39 is 0 Å². The Balaban J connectivity index is 1.57. The van der Waals surface area contributed by atoms with Gasteiger partial charge >= 0.3 is 0 Å². The third-order valence-corrected chi connectivity index (χ3v) is 7.39. The van der Waals surface area contributed by atoms with Crippen molar-refractivity contribution in [3.8, 4) is 0 Å². The number of carbonyl (C=O) groups is 2. The summed E-state index contributed by atoms with van der Waals surface area (Å²) in [5.74, 6) is 0.0836. The number of rotatable bonds is 5. The molecule has 1 aliphatic heterocycles. The number of anilines is 1. The number of fused-ring (bicyclic) bond motifs is 1. The standard InChI is InChI=1S/C24H30N2O2S/c1-17-10-12-18(13-11-17)23(28)22-19-8-4-5-9-20(19)29-24(22)25-21(27)16-26-14-6-2-3-7-15-26/h10-13H,2-9,14-16H2,1H3,(H,25,27)/p+1. The van der Waals surface area contributed by atoms with Gasteiger partial charge in [0.25, 0.3) is 5.91 Å². The molecular formula is C24H31N2O2S+. The normalized spacial score (nSPS) is 17.4. The van der Waals surface area contributed by atoms with Crippen molar-refractivity contribution < 1.29 is 14.5 Å². The van der Waals surface area contributed by atoms with Crippen molar-refractivity contribution in [3.63, 3.8) is 0 Å². The zero-order chi connectivity index (χ0) is 20.2. The first-order valence-electron chi connectivity index (χ1n) is 11.0. The molecule has 4 rings (SSSR count). The molecular weight excluding hydrogens is 380 g/mol. The molecule has 1 fully saturated rings. The summed E-state index contributed by atoms with van der Waals surface area (Å²) in [7, 11) is 0. The Morgan fingerprint density at radius 1 is 0.966 bits per heavy atom. The van der Waals surface area contributed by atoms with Crippen LogP contribution in [0.3, 0.4) is 0 Å². The first kappa shape index (κ1) is 20.3. The maximum Gasteiger partial charge on any atom is 0.280 e. The lowest BCUT2D eigenvalue weighted by Crippen LogP contribution is -3.12. The molecule has 1 saturated heterocycles. The molecule has 154 valence electrons. The highest BCUT2D eigenvalue weighted by Gasteiger charge is 2.27. The van der Waals surface area contributed by atoms with E-state index in [1.165, 1.54) is 41.0 Å². The summed E-state index contributed by atoms with van der Waals surface area (Å²) in [5, 5.41) is 3.90. The SMILES string of the molecule is Cc1ccc(C(=O)c2c(NC(=O)C[NH+]3CCCCCC3)sc3c2CCCC3)cc1. The summed E-state index contributed by atoms with van der Waals surface area (Å²) >= 11 is 1.62. The Bertz CT molecular complexity index is 877. The van der Waals surface area contributed by atoms with Gasteiger partial charge in [-0.25, -0.2) is 0 Å². The summed E-state index contributed by atoms with van der Waals surface area (Å²) in [6.07, 6.45) is 9.18. The van der Waals surface area contributed by atoms with Crippen molar-refractivity contribution in [2.45, 2.75) is 58.3 Å². The van der Waals surface area contributed by atoms with Gasteiger partial charge in [0.05, 0.1) is 18.7 Å². The first-order valence-corrected chi connectivity index (χ1v) is 11.8. The van der Waals surface area contributed by atoms with Crippen LogP contribution in [-0.4, -0.2) is 31.3 Å². The number of hydrogen-bond acceptors (Lipinski definition) is 3. The largest absolute Gasteiger partial charge is 0.327 e. The predicted octanol–water partition coefficient (Wildman–Crippen LogP) is 3.56. The summed E-state index contributed by atoms with van der Waals surface area (Å²) in [6.45, 7) is 4.67. The molecule has 29 heavy (non-hydrogen) atoms.